The van der Waals surface area contributed by atoms with Gasteiger partial charge in [0, 0.05) is 71.6 Å². The number of ether oxygens (including phenoxy) is 9. The molecule has 23 heteroatoms. The molecule has 0 amide bonds. The predicted octanol–water partition coefficient (Wildman–Crippen LogP) is 12.0. The molecule has 15 aliphatic rings. The number of fused-ring (bicyclic) bond motifs is 6. The molecule has 3 aliphatic carbocycles. The first-order valence-corrected chi connectivity index (χ1v) is 30.8. The molecule has 12 saturated heterocycles. The molecule has 77 heavy (non-hydrogen) atoms. The second kappa shape index (κ2) is 20.2. The van der Waals surface area contributed by atoms with Crippen molar-refractivity contribution in [2.75, 3.05) is 36.7 Å². The maximum Gasteiger partial charge on any atom is 0.443 e. The highest BCUT2D eigenvalue weighted by Crippen LogP contribution is 2.67. The monoisotopic (exact) mass is 1190 g/mol. The topological polar surface area (TPSA) is 138 Å². The van der Waals surface area contributed by atoms with Gasteiger partial charge in [0.15, 0.2) is 41.5 Å². The van der Waals surface area contributed by atoms with Gasteiger partial charge in [-0.05, 0) is 121 Å². The molecule has 0 N–H and O–H groups in total. The molecule has 12 heterocycles. The van der Waals surface area contributed by atoms with Gasteiger partial charge in [0.2, 0.25) is 17.4 Å². The van der Waals surface area contributed by atoms with Gasteiger partial charge in [0.25, 0.3) is 11.6 Å². The molecular formula is C54H81BrF6O15S. The van der Waals surface area contributed by atoms with Crippen LogP contribution in [0.1, 0.15) is 146 Å². The predicted molar refractivity (Wildman–Crippen MR) is 264 cm³/mol. The number of alkyl halides is 7. The van der Waals surface area contributed by atoms with Gasteiger partial charge in [-0.25, -0.2) is 29.3 Å². The van der Waals surface area contributed by atoms with E-state index in [0.29, 0.717) is 49.7 Å². The third-order valence-corrected chi connectivity index (χ3v) is 22.6. The highest BCUT2D eigenvalue weighted by Gasteiger charge is 2.80. The van der Waals surface area contributed by atoms with Crippen LogP contribution < -0.4 is 0 Å². The van der Waals surface area contributed by atoms with E-state index in [1.165, 1.54) is 11.8 Å². The summed E-state index contributed by atoms with van der Waals surface area (Å²) < 4.78 is 143. The Hall–Kier alpha value is -0.190. The summed E-state index contributed by atoms with van der Waals surface area (Å²) in [4.78, 5) is 35.5. The second-order valence-electron chi connectivity index (χ2n) is 25.6. The minimum Gasteiger partial charge on any atom is -0.349 e. The van der Waals surface area contributed by atoms with Crippen LogP contribution in [-0.4, -0.2) is 119 Å². The fourth-order valence-electron chi connectivity index (χ4n) is 17.1. The minimum absolute atomic E-state index is 0.00269. The van der Waals surface area contributed by atoms with E-state index < -0.39 is 106 Å². The molecule has 6 bridgehead atoms. The molecule has 442 valence electrons. The van der Waals surface area contributed by atoms with E-state index >= 15 is 13.2 Å². The number of rotatable bonds is 11. The van der Waals surface area contributed by atoms with Crippen molar-refractivity contribution in [3.63, 3.8) is 0 Å². The normalized spacial score (nSPS) is 54.4. The summed E-state index contributed by atoms with van der Waals surface area (Å²) >= 11 is 4.62. The van der Waals surface area contributed by atoms with Crippen molar-refractivity contribution in [2.45, 2.75) is 229 Å². The van der Waals surface area contributed by atoms with Crippen molar-refractivity contribution >= 4 is 27.7 Å². The van der Waals surface area contributed by atoms with Crippen LogP contribution in [0.3, 0.4) is 0 Å². The second-order valence-corrected chi connectivity index (χ2v) is 27.7. The van der Waals surface area contributed by atoms with Crippen LogP contribution >= 0.6 is 27.7 Å². The first-order valence-electron chi connectivity index (χ1n) is 28.5. The van der Waals surface area contributed by atoms with Crippen LogP contribution in [0.5, 0.6) is 0 Å². The fourth-order valence-corrected chi connectivity index (χ4v) is 17.8. The third kappa shape index (κ3) is 8.95. The maximum atomic E-state index is 15.1. The zero-order valence-electron chi connectivity index (χ0n) is 46.1. The summed E-state index contributed by atoms with van der Waals surface area (Å²) in [5.41, 5.74) is -2.83. The largest absolute Gasteiger partial charge is 0.443 e. The quantitative estimate of drug-likeness (QED) is 0.0838. The van der Waals surface area contributed by atoms with E-state index in [-0.39, 0.29) is 60.0 Å². The fraction of sp³-hybridized carbons (Fsp3) is 1.00. The molecule has 15 rings (SSSR count). The van der Waals surface area contributed by atoms with Crippen molar-refractivity contribution in [1.29, 1.82) is 0 Å². The first kappa shape index (κ1) is 58.6. The summed E-state index contributed by atoms with van der Waals surface area (Å²) in [6.45, 7) is 19.1. The Labute approximate surface area is 460 Å². The van der Waals surface area contributed by atoms with Crippen LogP contribution in [0.2, 0.25) is 0 Å². The van der Waals surface area contributed by atoms with Crippen molar-refractivity contribution in [3.05, 3.63) is 0 Å². The van der Waals surface area contributed by atoms with Crippen LogP contribution in [0.25, 0.3) is 0 Å². The van der Waals surface area contributed by atoms with Gasteiger partial charge in [0.05, 0.1) is 19.8 Å². The van der Waals surface area contributed by atoms with Gasteiger partial charge in [-0.2, -0.15) is 38.1 Å². The zero-order valence-corrected chi connectivity index (χ0v) is 48.5. The van der Waals surface area contributed by atoms with Crippen molar-refractivity contribution in [3.8, 4) is 0 Å². The van der Waals surface area contributed by atoms with Crippen LogP contribution in [0.4, 0.5) is 26.3 Å². The Balaban J connectivity index is 0.000000197. The number of hydrogen-bond donors (Lipinski definition) is 0. The summed E-state index contributed by atoms with van der Waals surface area (Å²) in [6.07, 6.45) is -3.50. The molecule has 3 saturated carbocycles. The summed E-state index contributed by atoms with van der Waals surface area (Å²) in [6, 6.07) is 0. The van der Waals surface area contributed by atoms with Crippen molar-refractivity contribution in [1.82, 2.24) is 0 Å². The lowest BCUT2D eigenvalue weighted by molar-refractivity contribution is -0.598. The zero-order chi connectivity index (χ0) is 55.2. The first-order chi connectivity index (χ1) is 36.1. The molecule has 0 aromatic heterocycles. The number of thioether (sulfide) groups is 1. The average Bonchev–Trinajstić information content (AvgIpc) is 4.11. The van der Waals surface area contributed by atoms with Gasteiger partial charge in [-0.15, -0.1) is 0 Å². The van der Waals surface area contributed by atoms with Gasteiger partial charge >= 0.3 is 12.4 Å². The van der Waals surface area contributed by atoms with Crippen LogP contribution in [-0.2, 0) is 72.0 Å². The molecule has 0 radical (unpaired) electrons. The van der Waals surface area contributed by atoms with Gasteiger partial charge in [0.1, 0.15) is 0 Å². The Kier molecular flexibility index (Phi) is 15.4. The lowest BCUT2D eigenvalue weighted by atomic mass is 9.57. The van der Waals surface area contributed by atoms with Crippen LogP contribution in [0, 0.1) is 71.0 Å². The maximum absolute atomic E-state index is 15.1. The smallest absolute Gasteiger partial charge is 0.349 e. The van der Waals surface area contributed by atoms with E-state index in [9.17, 15) is 13.2 Å². The molecule has 0 unspecified atom stereocenters. The Morgan fingerprint density at radius 3 is 1.16 bits per heavy atom. The van der Waals surface area contributed by atoms with Crippen LogP contribution in [0.15, 0.2) is 0 Å². The summed E-state index contributed by atoms with van der Waals surface area (Å²) in [5, 5.41) is 0.277. The van der Waals surface area contributed by atoms with E-state index in [0.717, 1.165) is 51.4 Å². The molecule has 24 atom stereocenters. The molecule has 12 aliphatic heterocycles. The van der Waals surface area contributed by atoms with E-state index in [1.54, 1.807) is 27.7 Å². The number of halogens is 7. The summed E-state index contributed by atoms with van der Waals surface area (Å²) in [5.74, 6) is -10.4. The van der Waals surface area contributed by atoms with Crippen molar-refractivity contribution in [2.24, 2.45) is 71.0 Å². The average molecular weight is 1200 g/mol. The molecule has 0 aromatic rings. The van der Waals surface area contributed by atoms with E-state index in [1.807, 2.05) is 13.8 Å². The summed E-state index contributed by atoms with van der Waals surface area (Å²) in [7, 11) is 0. The lowest BCUT2D eigenvalue weighted by Crippen LogP contribution is -2.76. The van der Waals surface area contributed by atoms with Gasteiger partial charge in [-0.3, -0.25) is 0 Å². The Morgan fingerprint density at radius 2 is 0.779 bits per heavy atom. The van der Waals surface area contributed by atoms with Gasteiger partial charge < -0.3 is 42.6 Å². The Morgan fingerprint density at radius 1 is 0.429 bits per heavy atom. The van der Waals surface area contributed by atoms with E-state index in [2.05, 4.69) is 43.6 Å². The molecular weight excluding hydrogens is 1110 g/mol. The Bertz CT molecular complexity index is 2160. The van der Waals surface area contributed by atoms with Crippen molar-refractivity contribution < 1.29 is 98.3 Å². The standard InChI is InChI=1S/C36H55F3O10S.C18H26BrF3O5/c1-20-8-10-26-22(3)32(7,44-28-33(26)24(20)12-14-30(5,42-28)46-48-33)40-16-18-50-19-17-41-35(36(37,38)39)23(4)27-11-9-21(2)25-13-15-31(6)43-29(45-35)34(25,27)49-47-31;1-10-4-5-13-11(2)17(18(20,21)22,23-9-8-19)25-14-16(13)12(10)6-7-15(3,24-14)26-27-16/h20-29H,8-19H2,1-7H3;10-14H,4-9H2,1-3H3/t20-,21-,22-,23-,24+,25+,26+,27+,28+,29+,30-,31+,32+,33-,34-,35-;10-,11-,12+,13+,14+,15+,16-,17-/m11/s1. The molecule has 15 nitrogen and oxygen atoms in total. The minimum atomic E-state index is -4.79. The molecule has 3 spiro atoms. The molecule has 15 fully saturated rings. The SMILES string of the molecule is C[C@@H]1CC[C@H]2[C@@H](C)[C@@](C)(OCCSCCO[C@@]3(C(F)(F)F)O[C@@H]4O[C@]5(C)CC[C@H]6[C@H](C)CC[C@@H]([C@H]3C)[C@@]46OO5)O[C@@H]3O[C@@]4(C)CC[C@@H]1[C@]32OO4.C[C@@H]1CC[C@H]2[C@@H](C)[C@](OCCBr)(C(F)(F)F)O[C@@H]3O[C@]4(C)CC[C@@H]1[C@]32OO4. The molecule has 0 aromatic carbocycles. The lowest BCUT2D eigenvalue weighted by Gasteiger charge is -2.62. The number of hydrogen-bond acceptors (Lipinski definition) is 16. The van der Waals surface area contributed by atoms with Gasteiger partial charge in [-0.1, -0.05) is 57.5 Å². The van der Waals surface area contributed by atoms with E-state index in [4.69, 9.17) is 72.0 Å². The third-order valence-electron chi connectivity index (χ3n) is 21.4. The highest BCUT2D eigenvalue weighted by molar-refractivity contribution is 9.09. The highest BCUT2D eigenvalue weighted by atomic mass is 79.9.